The van der Waals surface area contributed by atoms with Gasteiger partial charge in [-0.15, -0.1) is 0 Å². The van der Waals surface area contributed by atoms with Crippen LogP contribution in [0.4, 0.5) is 0 Å². The minimum absolute atomic E-state index is 0.0000204. The van der Waals surface area contributed by atoms with Gasteiger partial charge in [-0.05, 0) is 12.1 Å². The van der Waals surface area contributed by atoms with E-state index in [9.17, 15) is 9.90 Å². The Bertz CT molecular complexity index is 426. The normalized spacial score (nSPS) is 9.41. The van der Waals surface area contributed by atoms with Crippen molar-refractivity contribution in [2.24, 2.45) is 0 Å². The van der Waals surface area contributed by atoms with Crippen molar-refractivity contribution in [1.29, 1.82) is 5.26 Å². The molecule has 1 N–H and O–H groups in total. The fraction of sp³-hybridized carbons (Fsp3) is 0.333. The van der Waals surface area contributed by atoms with E-state index in [4.69, 9.17) is 10.00 Å². The van der Waals surface area contributed by atoms with Crippen LogP contribution in [0.15, 0.2) is 24.3 Å². The highest BCUT2D eigenvalue weighted by Gasteiger charge is 2.10. The molecule has 0 atom stereocenters. The smallest absolute Gasteiger partial charge is 0.260 e. The summed E-state index contributed by atoms with van der Waals surface area (Å²) in [6.45, 7) is 0.221. The molecule has 0 fully saturated rings. The Hall–Kier alpha value is -2.22. The quantitative estimate of drug-likeness (QED) is 0.829. The second-order valence-corrected chi connectivity index (χ2v) is 3.48. The first-order valence-corrected chi connectivity index (χ1v) is 5.17. The summed E-state index contributed by atoms with van der Waals surface area (Å²) < 4.78 is 5.18. The molecule has 0 radical (unpaired) electrons. The van der Waals surface area contributed by atoms with E-state index in [1.165, 1.54) is 11.0 Å². The zero-order valence-electron chi connectivity index (χ0n) is 9.59. The van der Waals surface area contributed by atoms with Gasteiger partial charge in [0.25, 0.3) is 5.91 Å². The lowest BCUT2D eigenvalue weighted by Gasteiger charge is -2.15. The molecule has 17 heavy (non-hydrogen) atoms. The Balaban J connectivity index is 2.43. The summed E-state index contributed by atoms with van der Waals surface area (Å²) >= 11 is 0. The van der Waals surface area contributed by atoms with Crippen molar-refractivity contribution in [2.75, 3.05) is 20.2 Å². The van der Waals surface area contributed by atoms with Crippen LogP contribution < -0.4 is 4.74 Å². The lowest BCUT2D eigenvalue weighted by Crippen LogP contribution is -2.32. The maximum absolute atomic E-state index is 11.5. The lowest BCUT2D eigenvalue weighted by atomic mass is 10.3. The zero-order valence-corrected chi connectivity index (χ0v) is 9.59. The van der Waals surface area contributed by atoms with Gasteiger partial charge in [-0.3, -0.25) is 4.79 Å². The van der Waals surface area contributed by atoms with Gasteiger partial charge in [0, 0.05) is 13.6 Å². The molecule has 1 aromatic rings. The number of aromatic hydroxyl groups is 1. The molecule has 0 saturated carbocycles. The van der Waals surface area contributed by atoms with Gasteiger partial charge in [0.05, 0.1) is 12.5 Å². The molecule has 5 heteroatoms. The monoisotopic (exact) mass is 234 g/mol. The predicted octanol–water partition coefficient (Wildman–Crippen LogP) is 1.14. The van der Waals surface area contributed by atoms with Crippen molar-refractivity contribution in [3.63, 3.8) is 0 Å². The average Bonchev–Trinajstić information content (AvgIpc) is 2.34. The molecule has 0 unspecified atom stereocenters. The fourth-order valence-corrected chi connectivity index (χ4v) is 1.17. The Morgan fingerprint density at radius 3 is 2.88 bits per heavy atom. The van der Waals surface area contributed by atoms with Gasteiger partial charge in [0.2, 0.25) is 0 Å². The molecule has 90 valence electrons. The molecule has 0 aliphatic rings. The van der Waals surface area contributed by atoms with Crippen LogP contribution in [0, 0.1) is 11.3 Å². The van der Waals surface area contributed by atoms with E-state index in [-0.39, 0.29) is 24.0 Å². The second kappa shape index (κ2) is 6.38. The van der Waals surface area contributed by atoms with Crippen LogP contribution >= 0.6 is 0 Å². The Morgan fingerprint density at radius 1 is 1.53 bits per heavy atom. The standard InChI is InChI=1S/C12H14N2O3/c1-14(8-4-7-13)12(16)9-17-11-6-3-2-5-10(11)15/h2-3,5-6,15H,4,8-9H2,1H3. The third-order valence-corrected chi connectivity index (χ3v) is 2.20. The highest BCUT2D eigenvalue weighted by Crippen LogP contribution is 2.24. The topological polar surface area (TPSA) is 73.6 Å². The first-order chi connectivity index (χ1) is 8.15. The molecule has 0 saturated heterocycles. The number of phenolic OH excluding ortho intramolecular Hbond substituents is 1. The van der Waals surface area contributed by atoms with Crippen LogP contribution in [-0.2, 0) is 4.79 Å². The second-order valence-electron chi connectivity index (χ2n) is 3.48. The molecule has 1 aromatic carbocycles. The number of hydrogen-bond donors (Lipinski definition) is 1. The van der Waals surface area contributed by atoms with Crippen molar-refractivity contribution in [1.82, 2.24) is 4.90 Å². The van der Waals surface area contributed by atoms with E-state index in [0.29, 0.717) is 13.0 Å². The van der Waals surface area contributed by atoms with E-state index in [2.05, 4.69) is 0 Å². The number of benzene rings is 1. The number of hydrogen-bond acceptors (Lipinski definition) is 4. The van der Waals surface area contributed by atoms with Crippen molar-refractivity contribution in [3.05, 3.63) is 24.3 Å². The van der Waals surface area contributed by atoms with Crippen LogP contribution in [0.3, 0.4) is 0 Å². The van der Waals surface area contributed by atoms with Crippen LogP contribution in [0.2, 0.25) is 0 Å². The summed E-state index contributed by atoms with van der Waals surface area (Å²) in [6, 6.07) is 8.41. The lowest BCUT2D eigenvalue weighted by molar-refractivity contribution is -0.132. The third kappa shape index (κ3) is 4.03. The van der Waals surface area contributed by atoms with Gasteiger partial charge in [-0.2, -0.15) is 5.26 Å². The largest absolute Gasteiger partial charge is 0.504 e. The minimum atomic E-state index is -0.233. The van der Waals surface area contributed by atoms with Gasteiger partial charge in [-0.25, -0.2) is 0 Å². The van der Waals surface area contributed by atoms with Gasteiger partial charge in [0.15, 0.2) is 18.1 Å². The van der Waals surface area contributed by atoms with E-state index >= 15 is 0 Å². The molecule has 0 aliphatic carbocycles. The number of nitrogens with zero attached hydrogens (tertiary/aromatic N) is 2. The number of carbonyl (C=O) groups excluding carboxylic acids is 1. The Kier molecular flexibility index (Phi) is 4.82. The van der Waals surface area contributed by atoms with Crippen LogP contribution in [0.1, 0.15) is 6.42 Å². The number of para-hydroxylation sites is 2. The van der Waals surface area contributed by atoms with E-state index in [1.54, 1.807) is 25.2 Å². The summed E-state index contributed by atoms with van der Waals surface area (Å²) in [5.74, 6) is 0.0398. The van der Waals surface area contributed by atoms with Crippen molar-refractivity contribution in [2.45, 2.75) is 6.42 Å². The zero-order chi connectivity index (χ0) is 12.7. The molecule has 1 amide bonds. The highest BCUT2D eigenvalue weighted by molar-refractivity contribution is 5.77. The first kappa shape index (κ1) is 12.8. The fourth-order valence-electron chi connectivity index (χ4n) is 1.17. The predicted molar refractivity (Wildman–Crippen MR) is 61.5 cm³/mol. The van der Waals surface area contributed by atoms with Crippen LogP contribution in [0.25, 0.3) is 0 Å². The first-order valence-electron chi connectivity index (χ1n) is 5.17. The van der Waals surface area contributed by atoms with E-state index in [1.807, 2.05) is 6.07 Å². The number of amides is 1. The molecule has 1 rings (SSSR count). The third-order valence-electron chi connectivity index (χ3n) is 2.20. The Labute approximate surface area is 99.8 Å². The molecule has 0 spiro atoms. The molecule has 5 nitrogen and oxygen atoms in total. The summed E-state index contributed by atoms with van der Waals surface area (Å²) in [6.07, 6.45) is 0.291. The highest BCUT2D eigenvalue weighted by atomic mass is 16.5. The number of nitriles is 1. The van der Waals surface area contributed by atoms with Gasteiger partial charge in [0.1, 0.15) is 0 Å². The van der Waals surface area contributed by atoms with Crippen LogP contribution in [0.5, 0.6) is 11.5 Å². The molecular formula is C12H14N2O3. The summed E-state index contributed by atoms with van der Waals surface area (Å²) in [4.78, 5) is 13.0. The molecule has 0 aliphatic heterocycles. The number of phenols is 1. The maximum Gasteiger partial charge on any atom is 0.260 e. The van der Waals surface area contributed by atoms with Crippen molar-refractivity contribution in [3.8, 4) is 17.6 Å². The van der Waals surface area contributed by atoms with Gasteiger partial charge < -0.3 is 14.7 Å². The van der Waals surface area contributed by atoms with Crippen LogP contribution in [-0.4, -0.2) is 36.1 Å². The van der Waals surface area contributed by atoms with Crippen molar-refractivity contribution < 1.29 is 14.6 Å². The van der Waals surface area contributed by atoms with E-state index < -0.39 is 0 Å². The molecule has 0 heterocycles. The number of carbonyl (C=O) groups is 1. The molecule has 0 bridgehead atoms. The summed E-state index contributed by atoms with van der Waals surface area (Å²) in [5.41, 5.74) is 0. The van der Waals surface area contributed by atoms with Gasteiger partial charge in [-0.1, -0.05) is 12.1 Å². The molecule has 0 aromatic heterocycles. The molecular weight excluding hydrogens is 220 g/mol. The summed E-state index contributed by atoms with van der Waals surface area (Å²) in [5, 5.41) is 17.8. The van der Waals surface area contributed by atoms with Gasteiger partial charge >= 0.3 is 0 Å². The SMILES string of the molecule is CN(CCC#N)C(=O)COc1ccccc1O. The number of likely N-dealkylation sites (N-methyl/N-ethyl adjacent to an activating group) is 1. The minimum Gasteiger partial charge on any atom is -0.504 e. The van der Waals surface area contributed by atoms with E-state index in [0.717, 1.165) is 0 Å². The van der Waals surface area contributed by atoms with Crippen molar-refractivity contribution >= 4 is 5.91 Å². The maximum atomic E-state index is 11.5. The average molecular weight is 234 g/mol. The summed E-state index contributed by atoms with van der Waals surface area (Å²) in [7, 11) is 1.61. The number of rotatable bonds is 5. The Morgan fingerprint density at radius 2 is 2.24 bits per heavy atom. The number of ether oxygens (including phenoxy) is 1.